The molecular weight excluding hydrogens is 475 g/mol. The van der Waals surface area contributed by atoms with Gasteiger partial charge in [0.25, 0.3) is 0 Å². The van der Waals surface area contributed by atoms with Gasteiger partial charge in [-0.3, -0.25) is 4.99 Å². The summed E-state index contributed by atoms with van der Waals surface area (Å²) >= 11 is 6.43. The van der Waals surface area contributed by atoms with Crippen molar-refractivity contribution in [1.29, 1.82) is 0 Å². The quantitative estimate of drug-likeness (QED) is 0.424. The van der Waals surface area contributed by atoms with Crippen molar-refractivity contribution in [3.05, 3.63) is 64.2 Å². The Hall–Kier alpha value is -2.71. The molecule has 2 aliphatic heterocycles. The molecule has 0 bridgehead atoms. The van der Waals surface area contributed by atoms with Gasteiger partial charge in [0.1, 0.15) is 0 Å². The summed E-state index contributed by atoms with van der Waals surface area (Å²) in [5.74, 6) is 0.607. The van der Waals surface area contributed by atoms with Gasteiger partial charge in [0, 0.05) is 29.1 Å². The molecule has 186 valence electrons. The standard InChI is InChI=1S/C26H29ClF3N5/c1-3-12-34(13-4-2)14-11-19-17-35-23-10-9-18(26(28,29)30)15-21(23)25(31-16-24(35)33-32-19)20-7-5-6-8-22(20)27/h5-10,15H,3-4,11-14,16-17H2,1-2H3. The Labute approximate surface area is 209 Å². The predicted molar refractivity (Wildman–Crippen MR) is 137 cm³/mol. The Morgan fingerprint density at radius 1 is 0.971 bits per heavy atom. The molecule has 2 aromatic rings. The summed E-state index contributed by atoms with van der Waals surface area (Å²) in [4.78, 5) is 9.01. The zero-order valence-corrected chi connectivity index (χ0v) is 20.7. The smallest absolute Gasteiger partial charge is 0.320 e. The molecule has 0 spiro atoms. The van der Waals surface area contributed by atoms with E-state index < -0.39 is 11.7 Å². The Morgan fingerprint density at radius 3 is 2.40 bits per heavy atom. The molecule has 0 atom stereocenters. The molecule has 0 radical (unpaired) electrons. The lowest BCUT2D eigenvalue weighted by Gasteiger charge is -2.29. The van der Waals surface area contributed by atoms with Gasteiger partial charge in [-0.05, 0) is 50.2 Å². The van der Waals surface area contributed by atoms with E-state index in [0.29, 0.717) is 39.9 Å². The SMILES string of the molecule is CCCN(CCC)CCC1=NN=C2CN=C(c3ccccc3Cl)c3cc(C(F)(F)F)ccc3N2C1. The average Bonchev–Trinajstić information content (AvgIpc) is 2.99. The van der Waals surface area contributed by atoms with Gasteiger partial charge in [0.05, 0.1) is 35.8 Å². The van der Waals surface area contributed by atoms with Crippen LogP contribution < -0.4 is 4.90 Å². The van der Waals surface area contributed by atoms with Crippen molar-refractivity contribution in [3.8, 4) is 0 Å². The number of halogens is 4. The van der Waals surface area contributed by atoms with Gasteiger partial charge in [-0.15, -0.1) is 5.10 Å². The van der Waals surface area contributed by atoms with E-state index in [9.17, 15) is 13.2 Å². The molecule has 0 fully saturated rings. The minimum absolute atomic E-state index is 0.200. The van der Waals surface area contributed by atoms with Gasteiger partial charge in [-0.25, -0.2) is 0 Å². The second kappa shape index (κ2) is 10.9. The first-order chi connectivity index (χ1) is 16.8. The number of nitrogens with zero attached hydrogens (tertiary/aromatic N) is 5. The fourth-order valence-corrected chi connectivity index (χ4v) is 4.69. The molecule has 0 N–H and O–H groups in total. The van der Waals surface area contributed by atoms with Crippen LogP contribution in [0.15, 0.2) is 57.7 Å². The molecule has 2 aliphatic rings. The lowest BCUT2D eigenvalue weighted by Crippen LogP contribution is -2.40. The van der Waals surface area contributed by atoms with E-state index in [4.69, 9.17) is 11.6 Å². The number of anilines is 1. The second-order valence-electron chi connectivity index (χ2n) is 8.73. The van der Waals surface area contributed by atoms with Crippen LogP contribution in [0, 0.1) is 0 Å². The molecular formula is C26H29ClF3N5. The Balaban J connectivity index is 1.70. The van der Waals surface area contributed by atoms with Gasteiger partial charge < -0.3 is 9.80 Å². The van der Waals surface area contributed by atoms with Crippen molar-refractivity contribution in [3.63, 3.8) is 0 Å². The zero-order chi connectivity index (χ0) is 25.0. The van der Waals surface area contributed by atoms with Crippen molar-refractivity contribution < 1.29 is 13.2 Å². The first-order valence-corrected chi connectivity index (χ1v) is 12.3. The Morgan fingerprint density at radius 2 is 1.71 bits per heavy atom. The van der Waals surface area contributed by atoms with Crippen LogP contribution in [0.25, 0.3) is 0 Å². The number of amidine groups is 1. The summed E-state index contributed by atoms with van der Waals surface area (Å²) in [7, 11) is 0. The maximum absolute atomic E-state index is 13.6. The van der Waals surface area contributed by atoms with E-state index in [-0.39, 0.29) is 6.54 Å². The Bertz CT molecular complexity index is 1150. The molecule has 0 saturated heterocycles. The van der Waals surface area contributed by atoms with E-state index in [1.807, 2.05) is 4.90 Å². The lowest BCUT2D eigenvalue weighted by molar-refractivity contribution is -0.137. The van der Waals surface area contributed by atoms with Crippen LogP contribution in [0.1, 0.15) is 49.8 Å². The predicted octanol–water partition coefficient (Wildman–Crippen LogP) is 6.30. The van der Waals surface area contributed by atoms with E-state index in [2.05, 4.69) is 33.9 Å². The summed E-state index contributed by atoms with van der Waals surface area (Å²) in [6.45, 7) is 7.92. The minimum atomic E-state index is -4.47. The molecule has 9 heteroatoms. The second-order valence-corrected chi connectivity index (χ2v) is 9.14. The highest BCUT2D eigenvalue weighted by atomic mass is 35.5. The summed E-state index contributed by atoms with van der Waals surface area (Å²) in [6.07, 6.45) is -1.56. The third-order valence-electron chi connectivity index (χ3n) is 6.13. The van der Waals surface area contributed by atoms with E-state index >= 15 is 0 Å². The molecule has 35 heavy (non-hydrogen) atoms. The van der Waals surface area contributed by atoms with E-state index in [1.54, 1.807) is 24.3 Å². The molecule has 0 aromatic heterocycles. The average molecular weight is 504 g/mol. The first-order valence-electron chi connectivity index (χ1n) is 11.9. The number of hydrogen-bond acceptors (Lipinski definition) is 5. The van der Waals surface area contributed by atoms with Gasteiger partial charge >= 0.3 is 6.18 Å². The maximum Gasteiger partial charge on any atom is 0.416 e. The van der Waals surface area contributed by atoms with Gasteiger partial charge in [0.15, 0.2) is 5.84 Å². The van der Waals surface area contributed by atoms with E-state index in [0.717, 1.165) is 56.7 Å². The van der Waals surface area contributed by atoms with Crippen molar-refractivity contribution in [2.24, 2.45) is 15.2 Å². The summed E-state index contributed by atoms with van der Waals surface area (Å²) in [5.41, 5.74) is 2.20. The van der Waals surface area contributed by atoms with Crippen molar-refractivity contribution >= 4 is 34.5 Å². The lowest BCUT2D eigenvalue weighted by atomic mass is 9.97. The molecule has 0 unspecified atom stereocenters. The topological polar surface area (TPSA) is 43.6 Å². The van der Waals surface area contributed by atoms with Crippen LogP contribution in [0.2, 0.25) is 5.02 Å². The highest BCUT2D eigenvalue weighted by molar-refractivity contribution is 6.36. The van der Waals surface area contributed by atoms with Crippen molar-refractivity contribution in [2.75, 3.05) is 37.6 Å². The monoisotopic (exact) mass is 503 g/mol. The number of benzene rings is 2. The highest BCUT2D eigenvalue weighted by Gasteiger charge is 2.34. The normalized spacial score (nSPS) is 15.7. The molecule has 2 heterocycles. The first kappa shape index (κ1) is 25.4. The van der Waals surface area contributed by atoms with Crippen molar-refractivity contribution in [2.45, 2.75) is 39.3 Å². The maximum atomic E-state index is 13.6. The summed E-state index contributed by atoms with van der Waals surface area (Å²) in [5, 5.41) is 9.32. The van der Waals surface area contributed by atoms with Crippen LogP contribution in [-0.2, 0) is 6.18 Å². The van der Waals surface area contributed by atoms with Crippen LogP contribution in [0.3, 0.4) is 0 Å². The summed E-state index contributed by atoms with van der Waals surface area (Å²) < 4.78 is 40.9. The third kappa shape index (κ3) is 5.76. The molecule has 0 saturated carbocycles. The van der Waals surface area contributed by atoms with E-state index in [1.165, 1.54) is 6.07 Å². The molecule has 5 nitrogen and oxygen atoms in total. The number of aliphatic imine (C=N–C) groups is 1. The molecule has 0 aliphatic carbocycles. The van der Waals surface area contributed by atoms with Gasteiger partial charge in [-0.1, -0.05) is 43.6 Å². The number of alkyl halides is 3. The third-order valence-corrected chi connectivity index (χ3v) is 6.46. The zero-order valence-electron chi connectivity index (χ0n) is 19.9. The van der Waals surface area contributed by atoms with Gasteiger partial charge in [0.2, 0.25) is 0 Å². The number of hydrogen-bond donors (Lipinski definition) is 0. The fourth-order valence-electron chi connectivity index (χ4n) is 4.47. The van der Waals surface area contributed by atoms with Crippen LogP contribution >= 0.6 is 11.6 Å². The Kier molecular flexibility index (Phi) is 7.91. The van der Waals surface area contributed by atoms with Crippen molar-refractivity contribution in [1.82, 2.24) is 4.90 Å². The van der Waals surface area contributed by atoms with Gasteiger partial charge in [-0.2, -0.15) is 18.3 Å². The largest absolute Gasteiger partial charge is 0.416 e. The number of rotatable bonds is 8. The molecule has 4 rings (SSSR count). The molecule has 2 aromatic carbocycles. The van der Waals surface area contributed by atoms with Crippen LogP contribution in [0.5, 0.6) is 0 Å². The van der Waals surface area contributed by atoms with Crippen LogP contribution in [0.4, 0.5) is 18.9 Å². The number of fused-ring (bicyclic) bond motifs is 3. The molecule has 0 amide bonds. The minimum Gasteiger partial charge on any atom is -0.320 e. The fraction of sp³-hybridized carbons (Fsp3) is 0.423. The van der Waals surface area contributed by atoms with Crippen LogP contribution in [-0.4, -0.2) is 54.9 Å². The summed E-state index contributed by atoms with van der Waals surface area (Å²) in [6, 6.07) is 10.8. The highest BCUT2D eigenvalue weighted by Crippen LogP contribution is 2.36.